The molecule has 0 radical (unpaired) electrons. The highest BCUT2D eigenvalue weighted by atomic mass is 16.4. The van der Waals surface area contributed by atoms with E-state index in [9.17, 15) is 29.1 Å². The van der Waals surface area contributed by atoms with E-state index in [1.807, 2.05) is 24.3 Å². The van der Waals surface area contributed by atoms with Gasteiger partial charge in [0.05, 0.1) is 12.5 Å². The molecule has 2 aromatic carbocycles. The van der Waals surface area contributed by atoms with E-state index in [0.717, 1.165) is 10.9 Å². The molecule has 0 aliphatic rings. The summed E-state index contributed by atoms with van der Waals surface area (Å²) in [6.45, 7) is 0.352. The average Bonchev–Trinajstić information content (AvgIpc) is 3.38. The fourth-order valence-electron chi connectivity index (χ4n) is 4.65. The van der Waals surface area contributed by atoms with Crippen LogP contribution in [-0.2, 0) is 36.8 Å². The molecule has 3 amide bonds. The van der Waals surface area contributed by atoms with E-state index in [4.69, 9.17) is 16.6 Å². The van der Waals surface area contributed by atoms with E-state index < -0.39 is 60.2 Å². The number of carboxylic acids is 2. The molecule has 0 saturated heterocycles. The highest BCUT2D eigenvalue weighted by Crippen LogP contribution is 2.19. The summed E-state index contributed by atoms with van der Waals surface area (Å²) >= 11 is 0. The van der Waals surface area contributed by atoms with Crippen LogP contribution in [-0.4, -0.2) is 75.6 Å². The number of aliphatic carboxylic acids is 2. The van der Waals surface area contributed by atoms with E-state index in [1.165, 1.54) is 0 Å². The molecule has 3 rings (SSSR count). The molecule has 0 aliphatic carbocycles. The van der Waals surface area contributed by atoms with Crippen LogP contribution >= 0.6 is 0 Å². The molecular weight excluding hydrogens is 556 g/mol. The second-order valence-corrected chi connectivity index (χ2v) is 10.3. The predicted octanol–water partition coefficient (Wildman–Crippen LogP) is 0.423. The monoisotopic (exact) mass is 594 g/mol. The lowest BCUT2D eigenvalue weighted by molar-refractivity contribution is -0.142. The van der Waals surface area contributed by atoms with Crippen LogP contribution in [0.2, 0.25) is 0 Å². The molecule has 3 aromatic rings. The van der Waals surface area contributed by atoms with Crippen molar-refractivity contribution in [2.24, 2.45) is 11.5 Å². The first kappa shape index (κ1) is 32.8. The number of aromatic amines is 1. The molecule has 0 fully saturated rings. The molecule has 13 nitrogen and oxygen atoms in total. The molecule has 0 bridgehead atoms. The van der Waals surface area contributed by atoms with Gasteiger partial charge in [-0.15, -0.1) is 0 Å². The van der Waals surface area contributed by atoms with E-state index in [2.05, 4.69) is 20.9 Å². The number of fused-ring (bicyclic) bond motifs is 1. The Hall–Kier alpha value is -4.75. The molecule has 0 aliphatic heterocycles. The lowest BCUT2D eigenvalue weighted by atomic mass is 10.0. The van der Waals surface area contributed by atoms with Crippen LogP contribution in [0.25, 0.3) is 10.9 Å². The molecule has 4 unspecified atom stereocenters. The van der Waals surface area contributed by atoms with Gasteiger partial charge in [-0.2, -0.15) is 0 Å². The Morgan fingerprint density at radius 1 is 0.767 bits per heavy atom. The van der Waals surface area contributed by atoms with Gasteiger partial charge >= 0.3 is 11.9 Å². The SMILES string of the molecule is NCCCCC(NC(=O)C(N)CC(=O)O)C(=O)NC(Cc1c[nH]c2ccccc12)C(=O)NC(Cc1ccccc1)C(=O)O. The summed E-state index contributed by atoms with van der Waals surface area (Å²) in [4.78, 5) is 65.9. The highest BCUT2D eigenvalue weighted by Gasteiger charge is 2.31. The summed E-state index contributed by atoms with van der Waals surface area (Å²) in [5.41, 5.74) is 13.5. The molecule has 1 aromatic heterocycles. The van der Waals surface area contributed by atoms with Crippen molar-refractivity contribution in [3.05, 3.63) is 71.9 Å². The van der Waals surface area contributed by atoms with Gasteiger partial charge < -0.3 is 42.6 Å². The van der Waals surface area contributed by atoms with E-state index in [1.54, 1.807) is 36.5 Å². The molecule has 13 heteroatoms. The number of amides is 3. The van der Waals surface area contributed by atoms with Gasteiger partial charge in [-0.1, -0.05) is 48.5 Å². The maximum absolute atomic E-state index is 13.6. The van der Waals surface area contributed by atoms with Crippen LogP contribution in [0.3, 0.4) is 0 Å². The van der Waals surface area contributed by atoms with Gasteiger partial charge in [0, 0.05) is 29.9 Å². The van der Waals surface area contributed by atoms with Crippen LogP contribution in [0.5, 0.6) is 0 Å². The highest BCUT2D eigenvalue weighted by molar-refractivity contribution is 5.95. The lowest BCUT2D eigenvalue weighted by Crippen LogP contribution is -2.58. The second kappa shape index (κ2) is 16.0. The minimum absolute atomic E-state index is 0.0151. The van der Waals surface area contributed by atoms with Crippen molar-refractivity contribution in [3.8, 4) is 0 Å². The predicted molar refractivity (Wildman–Crippen MR) is 159 cm³/mol. The Bertz CT molecular complexity index is 1410. The van der Waals surface area contributed by atoms with Gasteiger partial charge in [-0.05, 0) is 43.0 Å². The maximum Gasteiger partial charge on any atom is 0.326 e. The number of para-hydroxylation sites is 1. The number of carbonyl (C=O) groups excluding carboxylic acids is 3. The molecule has 4 atom stereocenters. The summed E-state index contributed by atoms with van der Waals surface area (Å²) in [6, 6.07) is 11.2. The largest absolute Gasteiger partial charge is 0.481 e. The minimum Gasteiger partial charge on any atom is -0.481 e. The normalized spacial score (nSPS) is 13.8. The van der Waals surface area contributed by atoms with Crippen LogP contribution in [0.1, 0.15) is 36.8 Å². The molecule has 10 N–H and O–H groups in total. The van der Waals surface area contributed by atoms with Crippen LogP contribution in [0, 0.1) is 0 Å². The standard InChI is InChI=1S/C30H38N6O7/c31-13-7-6-12-23(34-27(39)21(32)16-26(37)38)28(40)35-24(15-19-17-33-22-11-5-4-10-20(19)22)29(41)36-25(30(42)43)14-18-8-2-1-3-9-18/h1-5,8-11,17,21,23-25,33H,6-7,12-16,31-32H2,(H,34,39)(H,35,40)(H,36,41)(H,37,38)(H,42,43). The zero-order valence-electron chi connectivity index (χ0n) is 23.6. The Kier molecular flexibility index (Phi) is 12.2. The maximum atomic E-state index is 13.6. The number of nitrogens with two attached hydrogens (primary N) is 2. The van der Waals surface area contributed by atoms with Gasteiger partial charge in [0.1, 0.15) is 18.1 Å². The number of unbranched alkanes of at least 4 members (excludes halogenated alkanes) is 1. The van der Waals surface area contributed by atoms with Gasteiger partial charge in [-0.3, -0.25) is 19.2 Å². The average molecular weight is 595 g/mol. The van der Waals surface area contributed by atoms with Gasteiger partial charge in [0.25, 0.3) is 0 Å². The van der Waals surface area contributed by atoms with Crippen molar-refractivity contribution in [2.45, 2.75) is 62.7 Å². The van der Waals surface area contributed by atoms with Gasteiger partial charge in [-0.25, -0.2) is 4.79 Å². The zero-order valence-corrected chi connectivity index (χ0v) is 23.6. The number of rotatable bonds is 17. The third-order valence-corrected chi connectivity index (χ3v) is 6.94. The van der Waals surface area contributed by atoms with E-state index in [0.29, 0.717) is 30.5 Å². The number of carboxylic acid groups (broad SMARTS) is 2. The van der Waals surface area contributed by atoms with Gasteiger partial charge in [0.15, 0.2) is 0 Å². The molecule has 1 heterocycles. The van der Waals surface area contributed by atoms with Crippen LogP contribution in [0.15, 0.2) is 60.8 Å². The Labute approximate surface area is 248 Å². The minimum atomic E-state index is -1.39. The Morgan fingerprint density at radius 3 is 2.07 bits per heavy atom. The Morgan fingerprint density at radius 2 is 1.40 bits per heavy atom. The summed E-state index contributed by atoms with van der Waals surface area (Å²) in [7, 11) is 0. The summed E-state index contributed by atoms with van der Waals surface area (Å²) in [5, 5.41) is 27.4. The van der Waals surface area contributed by atoms with Crippen molar-refractivity contribution < 1.29 is 34.2 Å². The van der Waals surface area contributed by atoms with Crippen molar-refractivity contribution in [1.82, 2.24) is 20.9 Å². The van der Waals surface area contributed by atoms with Crippen LogP contribution in [0.4, 0.5) is 0 Å². The second-order valence-electron chi connectivity index (χ2n) is 10.3. The molecule has 230 valence electrons. The third kappa shape index (κ3) is 9.94. The first-order valence-corrected chi connectivity index (χ1v) is 14.0. The molecule has 43 heavy (non-hydrogen) atoms. The molecule has 0 spiro atoms. The fourth-order valence-corrected chi connectivity index (χ4v) is 4.65. The number of nitrogens with one attached hydrogen (secondary N) is 4. The van der Waals surface area contributed by atoms with Crippen molar-refractivity contribution in [3.63, 3.8) is 0 Å². The number of carbonyl (C=O) groups is 5. The van der Waals surface area contributed by atoms with Gasteiger partial charge in [0.2, 0.25) is 17.7 Å². The smallest absolute Gasteiger partial charge is 0.326 e. The first-order valence-electron chi connectivity index (χ1n) is 14.0. The summed E-state index contributed by atoms with van der Waals surface area (Å²) in [5.74, 6) is -4.78. The van der Waals surface area contributed by atoms with Crippen molar-refractivity contribution >= 4 is 40.6 Å². The zero-order chi connectivity index (χ0) is 31.4. The number of benzene rings is 2. The first-order chi connectivity index (χ1) is 20.6. The summed E-state index contributed by atoms with van der Waals surface area (Å²) < 4.78 is 0. The van der Waals surface area contributed by atoms with Crippen molar-refractivity contribution in [2.75, 3.05) is 6.54 Å². The fraction of sp³-hybridized carbons (Fsp3) is 0.367. The Balaban J connectivity index is 1.85. The third-order valence-electron chi connectivity index (χ3n) is 6.94. The number of hydrogen-bond acceptors (Lipinski definition) is 7. The molecule has 0 saturated carbocycles. The number of H-pyrrole nitrogens is 1. The number of aromatic nitrogens is 1. The number of hydrogen-bond donors (Lipinski definition) is 8. The quantitative estimate of drug-likeness (QED) is 0.101. The van der Waals surface area contributed by atoms with Crippen LogP contribution < -0.4 is 27.4 Å². The molecular formula is C30H38N6O7. The van der Waals surface area contributed by atoms with E-state index >= 15 is 0 Å². The van der Waals surface area contributed by atoms with Crippen molar-refractivity contribution in [1.29, 1.82) is 0 Å². The summed E-state index contributed by atoms with van der Waals surface area (Å²) in [6.07, 6.45) is 2.28. The van der Waals surface area contributed by atoms with E-state index in [-0.39, 0.29) is 19.3 Å². The lowest BCUT2D eigenvalue weighted by Gasteiger charge is -2.25. The topological polar surface area (TPSA) is 230 Å².